The lowest BCUT2D eigenvalue weighted by Crippen LogP contribution is -2.16. The van der Waals surface area contributed by atoms with Gasteiger partial charge in [-0.2, -0.15) is 5.10 Å². The number of benzene rings is 1. The lowest BCUT2D eigenvalue weighted by Gasteiger charge is -2.12. The molecule has 1 aliphatic rings. The molecule has 2 aromatic rings. The minimum Gasteiger partial charge on any atom is -0.313 e. The average molecular weight is 290 g/mol. The van der Waals surface area contributed by atoms with Gasteiger partial charge in [-0.15, -0.1) is 0 Å². The Morgan fingerprint density at radius 2 is 2.20 bits per heavy atom. The van der Waals surface area contributed by atoms with E-state index in [1.807, 2.05) is 23.0 Å². The highest BCUT2D eigenvalue weighted by Gasteiger charge is 2.26. The van der Waals surface area contributed by atoms with Crippen molar-refractivity contribution < 1.29 is 0 Å². The molecule has 1 saturated carbocycles. The van der Waals surface area contributed by atoms with E-state index in [4.69, 9.17) is 16.7 Å². The molecule has 1 aliphatic carbocycles. The van der Waals surface area contributed by atoms with E-state index in [1.165, 1.54) is 18.5 Å². The van der Waals surface area contributed by atoms with Gasteiger partial charge in [0.15, 0.2) is 0 Å². The van der Waals surface area contributed by atoms with Gasteiger partial charge in [0.2, 0.25) is 0 Å². The molecule has 0 unspecified atom stereocenters. The van der Waals surface area contributed by atoms with E-state index in [9.17, 15) is 0 Å². The van der Waals surface area contributed by atoms with Crippen molar-refractivity contribution in [2.75, 3.05) is 6.54 Å². The van der Waals surface area contributed by atoms with Crippen LogP contribution in [0.3, 0.4) is 0 Å². The maximum atomic E-state index is 6.36. The molecule has 3 rings (SSSR count). The predicted molar refractivity (Wildman–Crippen MR) is 82.5 cm³/mol. The van der Waals surface area contributed by atoms with E-state index >= 15 is 0 Å². The van der Waals surface area contributed by atoms with Gasteiger partial charge in [0, 0.05) is 29.2 Å². The molecular weight excluding hydrogens is 270 g/mol. The third-order valence-corrected chi connectivity index (χ3v) is 4.03. The first-order valence-electron chi connectivity index (χ1n) is 7.33. The van der Waals surface area contributed by atoms with Crippen LogP contribution in [0, 0.1) is 0 Å². The molecule has 3 nitrogen and oxygen atoms in total. The van der Waals surface area contributed by atoms with Crippen molar-refractivity contribution >= 4 is 11.6 Å². The highest BCUT2D eigenvalue weighted by molar-refractivity contribution is 6.31. The highest BCUT2D eigenvalue weighted by Crippen LogP contribution is 2.39. The first-order chi connectivity index (χ1) is 9.79. The molecule has 0 atom stereocenters. The van der Waals surface area contributed by atoms with Crippen LogP contribution < -0.4 is 5.32 Å². The second-order valence-corrected chi connectivity index (χ2v) is 5.78. The summed E-state index contributed by atoms with van der Waals surface area (Å²) in [6, 6.07) is 8.14. The summed E-state index contributed by atoms with van der Waals surface area (Å²) >= 11 is 6.36. The van der Waals surface area contributed by atoms with Crippen molar-refractivity contribution in [3.8, 4) is 5.69 Å². The summed E-state index contributed by atoms with van der Waals surface area (Å²) in [5.41, 5.74) is 3.40. The Hall–Kier alpha value is -1.32. The van der Waals surface area contributed by atoms with Crippen molar-refractivity contribution in [3.63, 3.8) is 0 Å². The largest absolute Gasteiger partial charge is 0.313 e. The molecule has 1 fully saturated rings. The number of nitrogens with zero attached hydrogens (tertiary/aromatic N) is 2. The monoisotopic (exact) mass is 289 g/mol. The van der Waals surface area contributed by atoms with Crippen LogP contribution >= 0.6 is 11.6 Å². The second-order valence-electron chi connectivity index (χ2n) is 5.37. The summed E-state index contributed by atoms with van der Waals surface area (Å²) in [4.78, 5) is 0. The molecule has 0 spiro atoms. The first kappa shape index (κ1) is 13.7. The van der Waals surface area contributed by atoms with Crippen molar-refractivity contribution in [2.24, 2.45) is 0 Å². The fraction of sp³-hybridized carbons (Fsp3) is 0.438. The van der Waals surface area contributed by atoms with Crippen LogP contribution in [0.5, 0.6) is 0 Å². The van der Waals surface area contributed by atoms with Gasteiger partial charge in [-0.3, -0.25) is 0 Å². The normalized spacial score (nSPS) is 14.7. The van der Waals surface area contributed by atoms with Crippen LogP contribution in [0.4, 0.5) is 0 Å². The summed E-state index contributed by atoms with van der Waals surface area (Å²) in [6.45, 7) is 3.94. The molecule has 0 aliphatic heterocycles. The SMILES string of the molecule is CCCNCc1c(Cl)cccc1-n1ccc(C2CC2)n1. The van der Waals surface area contributed by atoms with Gasteiger partial charge in [0.1, 0.15) is 0 Å². The van der Waals surface area contributed by atoms with Gasteiger partial charge in [0.25, 0.3) is 0 Å². The topological polar surface area (TPSA) is 29.9 Å². The Bertz CT molecular complexity index is 587. The zero-order valence-electron chi connectivity index (χ0n) is 11.8. The maximum Gasteiger partial charge on any atom is 0.0705 e. The number of rotatable bonds is 6. The average Bonchev–Trinajstić information content (AvgIpc) is 3.19. The van der Waals surface area contributed by atoms with Crippen LogP contribution in [-0.4, -0.2) is 16.3 Å². The summed E-state index contributed by atoms with van der Waals surface area (Å²) in [6.07, 6.45) is 5.71. The summed E-state index contributed by atoms with van der Waals surface area (Å²) in [5, 5.41) is 8.92. The molecule has 20 heavy (non-hydrogen) atoms. The van der Waals surface area contributed by atoms with Gasteiger partial charge in [0.05, 0.1) is 11.4 Å². The summed E-state index contributed by atoms with van der Waals surface area (Å²) in [5.74, 6) is 0.678. The maximum absolute atomic E-state index is 6.36. The molecular formula is C16H20ClN3. The van der Waals surface area contributed by atoms with Crippen LogP contribution in [-0.2, 0) is 6.54 Å². The zero-order valence-corrected chi connectivity index (χ0v) is 12.5. The van der Waals surface area contributed by atoms with E-state index in [0.29, 0.717) is 5.92 Å². The van der Waals surface area contributed by atoms with E-state index in [2.05, 4.69) is 24.4 Å². The number of hydrogen-bond acceptors (Lipinski definition) is 2. The van der Waals surface area contributed by atoms with E-state index in [1.54, 1.807) is 0 Å². The zero-order chi connectivity index (χ0) is 13.9. The van der Waals surface area contributed by atoms with Crippen molar-refractivity contribution in [1.29, 1.82) is 0 Å². The smallest absolute Gasteiger partial charge is 0.0705 e. The number of halogens is 1. The fourth-order valence-electron chi connectivity index (χ4n) is 2.40. The lowest BCUT2D eigenvalue weighted by molar-refractivity contribution is 0.670. The van der Waals surface area contributed by atoms with Crippen LogP contribution in [0.25, 0.3) is 5.69 Å². The molecule has 1 aromatic heterocycles. The van der Waals surface area contributed by atoms with Gasteiger partial charge >= 0.3 is 0 Å². The third-order valence-electron chi connectivity index (χ3n) is 3.67. The van der Waals surface area contributed by atoms with Crippen LogP contribution in [0.15, 0.2) is 30.5 Å². The van der Waals surface area contributed by atoms with E-state index < -0.39 is 0 Å². The minimum absolute atomic E-state index is 0.678. The van der Waals surface area contributed by atoms with Gasteiger partial charge in [-0.05, 0) is 44.0 Å². The van der Waals surface area contributed by atoms with Crippen molar-refractivity contribution in [2.45, 2.75) is 38.6 Å². The Balaban J connectivity index is 1.88. The summed E-state index contributed by atoms with van der Waals surface area (Å²) < 4.78 is 1.96. The van der Waals surface area contributed by atoms with Crippen LogP contribution in [0.1, 0.15) is 43.4 Å². The number of aromatic nitrogens is 2. The number of nitrogens with one attached hydrogen (secondary N) is 1. The fourth-order valence-corrected chi connectivity index (χ4v) is 2.63. The molecule has 0 radical (unpaired) electrons. The quantitative estimate of drug-likeness (QED) is 0.817. The van der Waals surface area contributed by atoms with Gasteiger partial charge < -0.3 is 5.32 Å². The van der Waals surface area contributed by atoms with Gasteiger partial charge in [-0.1, -0.05) is 24.6 Å². The molecule has 106 valence electrons. The Morgan fingerprint density at radius 1 is 1.35 bits per heavy atom. The van der Waals surface area contributed by atoms with Crippen molar-refractivity contribution in [3.05, 3.63) is 46.7 Å². The molecule has 1 aromatic carbocycles. The standard InChI is InChI=1S/C16H20ClN3/c1-2-9-18-11-13-14(17)4-3-5-16(13)20-10-8-15(19-20)12-6-7-12/h3-5,8,10,12,18H,2,6-7,9,11H2,1H3. The molecule has 0 bridgehead atoms. The second kappa shape index (κ2) is 5.98. The van der Waals surface area contributed by atoms with Gasteiger partial charge in [-0.25, -0.2) is 4.68 Å². The lowest BCUT2D eigenvalue weighted by atomic mass is 10.1. The molecule has 4 heteroatoms. The summed E-state index contributed by atoms with van der Waals surface area (Å²) in [7, 11) is 0. The third kappa shape index (κ3) is 2.89. The Kier molecular flexibility index (Phi) is 4.08. The van der Waals surface area contributed by atoms with Crippen molar-refractivity contribution in [1.82, 2.24) is 15.1 Å². The van der Waals surface area contributed by atoms with Crippen LogP contribution in [0.2, 0.25) is 5.02 Å². The minimum atomic E-state index is 0.678. The molecule has 0 saturated heterocycles. The first-order valence-corrected chi connectivity index (χ1v) is 7.71. The highest BCUT2D eigenvalue weighted by atomic mass is 35.5. The van der Waals surface area contributed by atoms with E-state index in [-0.39, 0.29) is 0 Å². The predicted octanol–water partition coefficient (Wildman–Crippen LogP) is 3.90. The Labute approximate surface area is 124 Å². The molecule has 1 N–H and O–H groups in total. The number of hydrogen-bond donors (Lipinski definition) is 1. The molecule has 1 heterocycles. The van der Waals surface area contributed by atoms with E-state index in [0.717, 1.165) is 35.8 Å². The molecule has 0 amide bonds. The Morgan fingerprint density at radius 3 is 2.95 bits per heavy atom.